The average molecular weight is 263 g/mol. The van der Waals surface area contributed by atoms with E-state index >= 15 is 0 Å². The van der Waals surface area contributed by atoms with Crippen LogP contribution in [0.4, 0.5) is 0 Å². The monoisotopic (exact) mass is 262 g/mol. The zero-order valence-electron chi connectivity index (χ0n) is 10.8. The van der Waals surface area contributed by atoms with E-state index < -0.39 is 0 Å². The second kappa shape index (κ2) is 6.72. The lowest BCUT2D eigenvalue weighted by Gasteiger charge is -2.20. The Balaban J connectivity index is 2.19. The Morgan fingerprint density at radius 3 is 2.83 bits per heavy atom. The topological polar surface area (TPSA) is 16.1 Å². The van der Waals surface area contributed by atoms with Crippen LogP contribution in [-0.2, 0) is 6.54 Å². The van der Waals surface area contributed by atoms with E-state index in [0.717, 1.165) is 37.5 Å². The first-order chi connectivity index (χ1) is 8.85. The lowest BCUT2D eigenvalue weighted by atomic mass is 10.1. The first-order valence-electron chi connectivity index (χ1n) is 6.46. The van der Waals surface area contributed by atoms with Gasteiger partial charge in [0.2, 0.25) is 0 Å². The molecule has 0 saturated heterocycles. The van der Waals surface area contributed by atoms with Gasteiger partial charge in [0.15, 0.2) is 0 Å². The van der Waals surface area contributed by atoms with Gasteiger partial charge in [-0.05, 0) is 31.1 Å². The molecule has 18 heavy (non-hydrogen) atoms. The summed E-state index contributed by atoms with van der Waals surface area (Å²) < 4.78 is 0. The summed E-state index contributed by atoms with van der Waals surface area (Å²) in [6.07, 6.45) is 2.90. The SMILES string of the molecule is CCN(CCCCl)Cc1cccc2cccnc12. The van der Waals surface area contributed by atoms with Gasteiger partial charge in [0.25, 0.3) is 0 Å². The van der Waals surface area contributed by atoms with E-state index in [1.807, 2.05) is 12.3 Å². The maximum atomic E-state index is 5.76. The van der Waals surface area contributed by atoms with Crippen molar-refractivity contribution in [2.75, 3.05) is 19.0 Å². The summed E-state index contributed by atoms with van der Waals surface area (Å²) in [6, 6.07) is 10.5. The smallest absolute Gasteiger partial charge is 0.0746 e. The number of pyridine rings is 1. The van der Waals surface area contributed by atoms with Crippen LogP contribution in [0.5, 0.6) is 0 Å². The van der Waals surface area contributed by atoms with Crippen LogP contribution in [0.15, 0.2) is 36.5 Å². The third-order valence-corrected chi connectivity index (χ3v) is 3.43. The van der Waals surface area contributed by atoms with Gasteiger partial charge in [0.05, 0.1) is 5.52 Å². The molecule has 0 aliphatic carbocycles. The van der Waals surface area contributed by atoms with E-state index in [2.05, 4.69) is 41.1 Å². The second-order valence-corrected chi connectivity index (χ2v) is 4.78. The molecule has 2 aromatic rings. The molecule has 1 aromatic carbocycles. The van der Waals surface area contributed by atoms with Gasteiger partial charge in [-0.2, -0.15) is 0 Å². The number of alkyl halides is 1. The Labute approximate surface area is 114 Å². The molecule has 0 fully saturated rings. The van der Waals surface area contributed by atoms with Crippen LogP contribution in [0.25, 0.3) is 10.9 Å². The number of rotatable bonds is 6. The summed E-state index contributed by atoms with van der Waals surface area (Å²) in [5, 5.41) is 1.21. The number of hydrogen-bond acceptors (Lipinski definition) is 2. The molecule has 2 rings (SSSR count). The van der Waals surface area contributed by atoms with Gasteiger partial charge in [-0.25, -0.2) is 0 Å². The van der Waals surface area contributed by atoms with Gasteiger partial charge < -0.3 is 0 Å². The van der Waals surface area contributed by atoms with Gasteiger partial charge in [0, 0.05) is 24.0 Å². The molecule has 0 N–H and O–H groups in total. The molecule has 0 saturated carbocycles. The van der Waals surface area contributed by atoms with Crippen molar-refractivity contribution in [1.82, 2.24) is 9.88 Å². The molecule has 0 unspecified atom stereocenters. The van der Waals surface area contributed by atoms with Crippen LogP contribution < -0.4 is 0 Å². The zero-order chi connectivity index (χ0) is 12.8. The minimum Gasteiger partial charge on any atom is -0.299 e. The largest absolute Gasteiger partial charge is 0.299 e. The standard InChI is InChI=1S/C15H19ClN2/c1-2-18(11-5-9-16)12-14-7-3-6-13-8-4-10-17-15(13)14/h3-4,6-8,10H,2,5,9,11-12H2,1H3. The molecular weight excluding hydrogens is 244 g/mol. The zero-order valence-corrected chi connectivity index (χ0v) is 11.5. The van der Waals surface area contributed by atoms with Crippen LogP contribution in [0.2, 0.25) is 0 Å². The van der Waals surface area contributed by atoms with Crippen LogP contribution in [0.1, 0.15) is 18.9 Å². The van der Waals surface area contributed by atoms with E-state index in [4.69, 9.17) is 11.6 Å². The molecule has 0 aliphatic rings. The molecule has 0 bridgehead atoms. The molecule has 96 valence electrons. The summed E-state index contributed by atoms with van der Waals surface area (Å²) in [5.74, 6) is 0.726. The predicted molar refractivity (Wildman–Crippen MR) is 78.0 cm³/mol. The molecule has 0 atom stereocenters. The van der Waals surface area contributed by atoms with Crippen LogP contribution in [0, 0.1) is 0 Å². The van der Waals surface area contributed by atoms with Crippen molar-refractivity contribution in [3.63, 3.8) is 0 Å². The lowest BCUT2D eigenvalue weighted by Crippen LogP contribution is -2.24. The predicted octanol–water partition coefficient (Wildman–Crippen LogP) is 3.69. The van der Waals surface area contributed by atoms with Gasteiger partial charge >= 0.3 is 0 Å². The maximum Gasteiger partial charge on any atom is 0.0746 e. The van der Waals surface area contributed by atoms with Crippen molar-refractivity contribution in [1.29, 1.82) is 0 Å². The van der Waals surface area contributed by atoms with Crippen LogP contribution in [-0.4, -0.2) is 28.9 Å². The molecule has 0 spiro atoms. The minimum absolute atomic E-state index is 0.726. The first-order valence-corrected chi connectivity index (χ1v) is 6.99. The number of nitrogens with zero attached hydrogens (tertiary/aromatic N) is 2. The molecule has 3 heteroatoms. The molecule has 0 aliphatic heterocycles. The number of fused-ring (bicyclic) bond motifs is 1. The van der Waals surface area contributed by atoms with Gasteiger partial charge in [-0.3, -0.25) is 9.88 Å². The Kier molecular flexibility index (Phi) is 4.97. The van der Waals surface area contributed by atoms with Crippen molar-refractivity contribution in [2.45, 2.75) is 19.9 Å². The van der Waals surface area contributed by atoms with Crippen LogP contribution >= 0.6 is 11.6 Å². The second-order valence-electron chi connectivity index (χ2n) is 4.40. The summed E-state index contributed by atoms with van der Waals surface area (Å²) in [4.78, 5) is 6.90. The van der Waals surface area contributed by atoms with E-state index in [-0.39, 0.29) is 0 Å². The van der Waals surface area contributed by atoms with Gasteiger partial charge in [-0.15, -0.1) is 11.6 Å². The third kappa shape index (κ3) is 3.21. The van der Waals surface area contributed by atoms with E-state index in [0.29, 0.717) is 0 Å². The summed E-state index contributed by atoms with van der Waals surface area (Å²) in [7, 11) is 0. The molecule has 0 amide bonds. The fourth-order valence-corrected chi connectivity index (χ4v) is 2.29. The van der Waals surface area contributed by atoms with Crippen molar-refractivity contribution in [2.24, 2.45) is 0 Å². The number of benzene rings is 1. The average Bonchev–Trinajstić information content (AvgIpc) is 2.43. The van der Waals surface area contributed by atoms with Gasteiger partial charge in [-0.1, -0.05) is 31.2 Å². The molecule has 0 radical (unpaired) electrons. The highest BCUT2D eigenvalue weighted by atomic mass is 35.5. The Morgan fingerprint density at radius 2 is 2.06 bits per heavy atom. The summed E-state index contributed by atoms with van der Waals surface area (Å²) in [5.41, 5.74) is 2.41. The Morgan fingerprint density at radius 1 is 1.22 bits per heavy atom. The Hall–Kier alpha value is -1.12. The van der Waals surface area contributed by atoms with Crippen molar-refractivity contribution < 1.29 is 0 Å². The highest BCUT2D eigenvalue weighted by Crippen LogP contribution is 2.17. The van der Waals surface area contributed by atoms with E-state index in [9.17, 15) is 0 Å². The molecule has 1 heterocycles. The molecular formula is C15H19ClN2. The lowest BCUT2D eigenvalue weighted by molar-refractivity contribution is 0.282. The fourth-order valence-electron chi connectivity index (χ4n) is 2.17. The van der Waals surface area contributed by atoms with Gasteiger partial charge in [0.1, 0.15) is 0 Å². The summed E-state index contributed by atoms with van der Waals surface area (Å²) >= 11 is 5.76. The maximum absolute atomic E-state index is 5.76. The first kappa shape index (κ1) is 13.3. The number of para-hydroxylation sites is 1. The van der Waals surface area contributed by atoms with E-state index in [1.165, 1.54) is 10.9 Å². The van der Waals surface area contributed by atoms with Crippen LogP contribution in [0.3, 0.4) is 0 Å². The third-order valence-electron chi connectivity index (χ3n) is 3.17. The molecule has 2 nitrogen and oxygen atoms in total. The minimum atomic E-state index is 0.726. The highest BCUT2D eigenvalue weighted by molar-refractivity contribution is 6.17. The summed E-state index contributed by atoms with van der Waals surface area (Å²) in [6.45, 7) is 5.22. The quantitative estimate of drug-likeness (QED) is 0.738. The normalized spacial score (nSPS) is 11.3. The van der Waals surface area contributed by atoms with Crippen molar-refractivity contribution >= 4 is 22.5 Å². The number of aromatic nitrogens is 1. The Bertz CT molecular complexity index is 493. The number of hydrogen-bond donors (Lipinski definition) is 0. The fraction of sp³-hybridized carbons (Fsp3) is 0.400. The highest BCUT2D eigenvalue weighted by Gasteiger charge is 2.07. The van der Waals surface area contributed by atoms with Crippen molar-refractivity contribution in [3.05, 3.63) is 42.1 Å². The molecule has 1 aromatic heterocycles. The van der Waals surface area contributed by atoms with Crippen molar-refractivity contribution in [3.8, 4) is 0 Å². The number of halogens is 1. The van der Waals surface area contributed by atoms with E-state index in [1.54, 1.807) is 0 Å².